The average molecular weight is 265 g/mol. The van der Waals surface area contributed by atoms with Crippen molar-refractivity contribution < 1.29 is 14.6 Å². The fourth-order valence-corrected chi connectivity index (χ4v) is 1.84. The first kappa shape index (κ1) is 13.6. The van der Waals surface area contributed by atoms with Gasteiger partial charge in [-0.1, -0.05) is 0 Å². The molecule has 2 heterocycles. The Morgan fingerprint density at radius 2 is 2.32 bits per heavy atom. The average Bonchev–Trinajstić information content (AvgIpc) is 2.55. The second-order valence-electron chi connectivity index (χ2n) is 4.54. The minimum Gasteiger partial charge on any atom is -0.478 e. The third-order valence-electron chi connectivity index (χ3n) is 3.04. The van der Waals surface area contributed by atoms with Crippen molar-refractivity contribution in [2.24, 2.45) is 0 Å². The van der Waals surface area contributed by atoms with E-state index in [2.05, 4.69) is 10.3 Å². The quantitative estimate of drug-likeness (QED) is 0.786. The number of hydrogen-bond acceptors (Lipinski definition) is 4. The lowest BCUT2D eigenvalue weighted by atomic mass is 10.2. The molecule has 1 aromatic heterocycles. The van der Waals surface area contributed by atoms with Crippen molar-refractivity contribution in [2.75, 3.05) is 32.1 Å². The van der Waals surface area contributed by atoms with E-state index < -0.39 is 0 Å². The van der Waals surface area contributed by atoms with Gasteiger partial charge in [0.25, 0.3) is 0 Å². The normalized spacial score (nSPS) is 14.6. The van der Waals surface area contributed by atoms with Gasteiger partial charge in [0.05, 0.1) is 6.61 Å². The van der Waals surface area contributed by atoms with Crippen molar-refractivity contribution in [3.8, 4) is 5.88 Å². The molecule has 0 fully saturated rings. The van der Waals surface area contributed by atoms with Gasteiger partial charge in [-0.3, -0.25) is 5.32 Å². The SMILES string of the molecule is CN1CCc2ccc(OCCCCO)nc2NC1=O. The molecule has 0 aromatic carbocycles. The Bertz CT molecular complexity index is 451. The third kappa shape index (κ3) is 3.57. The molecule has 0 bridgehead atoms. The van der Waals surface area contributed by atoms with E-state index in [0.717, 1.165) is 18.4 Å². The van der Waals surface area contributed by atoms with Crippen LogP contribution in [0.1, 0.15) is 18.4 Å². The molecule has 2 N–H and O–H groups in total. The number of aliphatic hydroxyl groups is 1. The number of carbonyl (C=O) groups is 1. The molecular weight excluding hydrogens is 246 g/mol. The third-order valence-corrected chi connectivity index (χ3v) is 3.04. The van der Waals surface area contributed by atoms with Gasteiger partial charge < -0.3 is 14.7 Å². The molecule has 104 valence electrons. The molecule has 0 saturated carbocycles. The summed E-state index contributed by atoms with van der Waals surface area (Å²) in [6, 6.07) is 3.60. The highest BCUT2D eigenvalue weighted by molar-refractivity contribution is 5.89. The summed E-state index contributed by atoms with van der Waals surface area (Å²) in [6.07, 6.45) is 2.28. The number of aliphatic hydroxyl groups excluding tert-OH is 1. The topological polar surface area (TPSA) is 74.7 Å². The summed E-state index contributed by atoms with van der Waals surface area (Å²) >= 11 is 0. The minimum absolute atomic E-state index is 0.149. The summed E-state index contributed by atoms with van der Waals surface area (Å²) in [4.78, 5) is 17.6. The highest BCUT2D eigenvalue weighted by Crippen LogP contribution is 2.21. The first-order chi connectivity index (χ1) is 9.20. The molecule has 0 aliphatic carbocycles. The van der Waals surface area contributed by atoms with Crippen LogP contribution in [-0.4, -0.2) is 47.8 Å². The number of unbranched alkanes of at least 4 members (excludes halogenated alkanes) is 1. The maximum Gasteiger partial charge on any atom is 0.322 e. The number of nitrogens with one attached hydrogen (secondary N) is 1. The van der Waals surface area contributed by atoms with Crippen LogP contribution in [0.3, 0.4) is 0 Å². The molecule has 2 rings (SSSR count). The molecule has 1 aromatic rings. The molecule has 6 nitrogen and oxygen atoms in total. The molecule has 1 aliphatic heterocycles. The van der Waals surface area contributed by atoms with E-state index in [-0.39, 0.29) is 12.6 Å². The monoisotopic (exact) mass is 265 g/mol. The Balaban J connectivity index is 2.02. The van der Waals surface area contributed by atoms with Crippen LogP contribution in [0, 0.1) is 0 Å². The lowest BCUT2D eigenvalue weighted by Gasteiger charge is -2.12. The van der Waals surface area contributed by atoms with Gasteiger partial charge >= 0.3 is 6.03 Å². The van der Waals surface area contributed by atoms with Crippen LogP contribution in [-0.2, 0) is 6.42 Å². The molecule has 1 aliphatic rings. The Kier molecular flexibility index (Phi) is 4.57. The molecule has 19 heavy (non-hydrogen) atoms. The number of pyridine rings is 1. The number of anilines is 1. The van der Waals surface area contributed by atoms with Crippen LogP contribution in [0.5, 0.6) is 5.88 Å². The Hall–Kier alpha value is -1.82. The van der Waals surface area contributed by atoms with E-state index in [0.29, 0.717) is 31.3 Å². The number of fused-ring (bicyclic) bond motifs is 1. The fraction of sp³-hybridized carbons (Fsp3) is 0.538. The van der Waals surface area contributed by atoms with Crippen molar-refractivity contribution in [3.63, 3.8) is 0 Å². The molecule has 0 spiro atoms. The highest BCUT2D eigenvalue weighted by Gasteiger charge is 2.18. The number of hydrogen-bond donors (Lipinski definition) is 2. The van der Waals surface area contributed by atoms with Crippen molar-refractivity contribution in [2.45, 2.75) is 19.3 Å². The van der Waals surface area contributed by atoms with Crippen LogP contribution in [0.2, 0.25) is 0 Å². The molecule has 6 heteroatoms. The summed E-state index contributed by atoms with van der Waals surface area (Å²) < 4.78 is 5.49. The number of likely N-dealkylation sites (N-methyl/N-ethyl adjacent to an activating group) is 1. The van der Waals surface area contributed by atoms with Crippen LogP contribution in [0.4, 0.5) is 10.6 Å². The number of urea groups is 1. The van der Waals surface area contributed by atoms with Gasteiger partial charge in [-0.2, -0.15) is 4.98 Å². The van der Waals surface area contributed by atoms with Gasteiger partial charge in [0.2, 0.25) is 5.88 Å². The van der Waals surface area contributed by atoms with Crippen molar-refractivity contribution in [1.29, 1.82) is 0 Å². The van der Waals surface area contributed by atoms with Crippen molar-refractivity contribution in [1.82, 2.24) is 9.88 Å². The van der Waals surface area contributed by atoms with E-state index in [1.807, 2.05) is 12.1 Å². The van der Waals surface area contributed by atoms with Gasteiger partial charge in [0.15, 0.2) is 0 Å². The van der Waals surface area contributed by atoms with Gasteiger partial charge in [0.1, 0.15) is 5.82 Å². The van der Waals surface area contributed by atoms with Crippen molar-refractivity contribution in [3.05, 3.63) is 17.7 Å². The van der Waals surface area contributed by atoms with Gasteiger partial charge in [-0.05, 0) is 30.9 Å². The van der Waals surface area contributed by atoms with E-state index in [9.17, 15) is 4.79 Å². The predicted octanol–water partition coefficient (Wildman–Crippen LogP) is 1.25. The molecule has 0 atom stereocenters. The van der Waals surface area contributed by atoms with E-state index in [1.165, 1.54) is 0 Å². The first-order valence-electron chi connectivity index (χ1n) is 6.46. The molecule has 0 radical (unpaired) electrons. The Labute approximate surface area is 112 Å². The Morgan fingerprint density at radius 3 is 3.11 bits per heavy atom. The second-order valence-corrected chi connectivity index (χ2v) is 4.54. The number of amides is 2. The van der Waals surface area contributed by atoms with Gasteiger partial charge in [-0.25, -0.2) is 4.79 Å². The van der Waals surface area contributed by atoms with E-state index in [4.69, 9.17) is 9.84 Å². The van der Waals surface area contributed by atoms with Crippen LogP contribution in [0.25, 0.3) is 0 Å². The number of aromatic nitrogens is 1. The zero-order valence-corrected chi connectivity index (χ0v) is 11.1. The lowest BCUT2D eigenvalue weighted by molar-refractivity contribution is 0.224. The van der Waals surface area contributed by atoms with E-state index >= 15 is 0 Å². The van der Waals surface area contributed by atoms with Gasteiger partial charge in [0, 0.05) is 26.3 Å². The molecular formula is C13H19N3O3. The minimum atomic E-state index is -0.149. The van der Waals surface area contributed by atoms with Gasteiger partial charge in [-0.15, -0.1) is 0 Å². The number of rotatable bonds is 5. The van der Waals surface area contributed by atoms with Crippen LogP contribution >= 0.6 is 0 Å². The second kappa shape index (κ2) is 6.38. The summed E-state index contributed by atoms with van der Waals surface area (Å²) in [7, 11) is 1.76. The molecule has 0 unspecified atom stereocenters. The maximum absolute atomic E-state index is 11.7. The summed E-state index contributed by atoms with van der Waals surface area (Å²) in [6.45, 7) is 1.36. The van der Waals surface area contributed by atoms with Crippen LogP contribution < -0.4 is 10.1 Å². The van der Waals surface area contributed by atoms with Crippen molar-refractivity contribution >= 4 is 11.8 Å². The predicted molar refractivity (Wildman–Crippen MR) is 71.4 cm³/mol. The first-order valence-corrected chi connectivity index (χ1v) is 6.46. The Morgan fingerprint density at radius 1 is 1.47 bits per heavy atom. The van der Waals surface area contributed by atoms with E-state index in [1.54, 1.807) is 11.9 Å². The molecule has 0 saturated heterocycles. The molecule has 2 amide bonds. The number of nitrogens with zero attached hydrogens (tertiary/aromatic N) is 2. The van der Waals surface area contributed by atoms with Crippen LogP contribution in [0.15, 0.2) is 12.1 Å². The fourth-order valence-electron chi connectivity index (χ4n) is 1.84. The zero-order valence-electron chi connectivity index (χ0n) is 11.1. The number of carbonyl (C=O) groups excluding carboxylic acids is 1. The summed E-state index contributed by atoms with van der Waals surface area (Å²) in [5, 5.41) is 11.5. The highest BCUT2D eigenvalue weighted by atomic mass is 16.5. The largest absolute Gasteiger partial charge is 0.478 e. The smallest absolute Gasteiger partial charge is 0.322 e. The number of ether oxygens (including phenoxy) is 1. The summed E-state index contributed by atoms with van der Waals surface area (Å²) in [5.74, 6) is 1.08. The summed E-state index contributed by atoms with van der Waals surface area (Å²) in [5.41, 5.74) is 1.01. The zero-order chi connectivity index (χ0) is 13.7. The standard InChI is InChI=1S/C13H19N3O3/c1-16-7-6-10-4-5-11(19-9-3-2-8-17)14-12(10)15-13(16)18/h4-5,17H,2-3,6-9H2,1H3,(H,14,15,18). The lowest BCUT2D eigenvalue weighted by Crippen LogP contribution is -2.30. The maximum atomic E-state index is 11.7.